The molecule has 9 heteroatoms. The van der Waals surface area contributed by atoms with E-state index in [1.165, 1.54) is 7.11 Å². The number of aromatic nitrogens is 2. The number of halogens is 2. The van der Waals surface area contributed by atoms with Crippen LogP contribution in [0.2, 0.25) is 10.0 Å². The van der Waals surface area contributed by atoms with E-state index in [1.807, 2.05) is 0 Å². The molecule has 1 saturated heterocycles. The molecule has 0 spiro atoms. The van der Waals surface area contributed by atoms with Gasteiger partial charge in [-0.05, 0) is 48.7 Å². The minimum absolute atomic E-state index is 0.0958. The Hall–Kier alpha value is -2.77. The number of fused-ring (bicyclic) bond motifs is 1. The van der Waals surface area contributed by atoms with E-state index < -0.39 is 5.97 Å². The Morgan fingerprint density at radius 2 is 2.00 bits per heavy atom. The van der Waals surface area contributed by atoms with E-state index in [9.17, 15) is 14.4 Å². The van der Waals surface area contributed by atoms with Gasteiger partial charge in [-0.2, -0.15) is 0 Å². The molecule has 1 unspecified atom stereocenters. The molecule has 0 radical (unpaired) electrons. The number of esters is 1. The van der Waals surface area contributed by atoms with E-state index in [1.54, 1.807) is 45.9 Å². The molecule has 4 rings (SSSR count). The quantitative estimate of drug-likeness (QED) is 0.619. The molecule has 0 saturated carbocycles. The van der Waals surface area contributed by atoms with Gasteiger partial charge in [-0.1, -0.05) is 23.2 Å². The zero-order valence-electron chi connectivity index (χ0n) is 16.2. The maximum absolute atomic E-state index is 12.8. The monoisotopic (exact) mass is 447 g/mol. The average molecular weight is 448 g/mol. The number of carbonyl (C=O) groups is 2. The number of H-pyrrole nitrogens is 1. The van der Waals surface area contributed by atoms with Gasteiger partial charge in [0.25, 0.3) is 5.91 Å². The minimum Gasteiger partial charge on any atom is -0.465 e. The van der Waals surface area contributed by atoms with Crippen molar-refractivity contribution in [1.82, 2.24) is 14.5 Å². The number of imidazole rings is 1. The predicted octanol–water partition coefficient (Wildman–Crippen LogP) is 3.59. The highest BCUT2D eigenvalue weighted by Crippen LogP contribution is 2.26. The number of nitrogens with one attached hydrogen (secondary N) is 1. The molecule has 2 aromatic carbocycles. The van der Waals surface area contributed by atoms with Gasteiger partial charge in [0.15, 0.2) is 0 Å². The van der Waals surface area contributed by atoms with Gasteiger partial charge in [-0.3, -0.25) is 9.36 Å². The predicted molar refractivity (Wildman–Crippen MR) is 114 cm³/mol. The molecule has 1 aromatic heterocycles. The highest BCUT2D eigenvalue weighted by atomic mass is 35.5. The van der Waals surface area contributed by atoms with Gasteiger partial charge in [0.1, 0.15) is 0 Å². The smallest absolute Gasteiger partial charge is 0.337 e. The number of nitrogens with zero attached hydrogens (tertiary/aromatic N) is 2. The molecule has 1 fully saturated rings. The number of hydrogen-bond acceptors (Lipinski definition) is 4. The first-order valence-electron chi connectivity index (χ1n) is 9.42. The fourth-order valence-electron chi connectivity index (χ4n) is 3.84. The molecule has 1 aliphatic rings. The van der Waals surface area contributed by atoms with Gasteiger partial charge in [-0.25, -0.2) is 9.59 Å². The summed E-state index contributed by atoms with van der Waals surface area (Å²) >= 11 is 12.1. The number of methoxy groups -OCH3 is 1. The Balaban J connectivity index is 1.54. The van der Waals surface area contributed by atoms with Crippen molar-refractivity contribution in [3.63, 3.8) is 0 Å². The normalized spacial score (nSPS) is 16.2. The van der Waals surface area contributed by atoms with Crippen LogP contribution in [0.1, 0.15) is 27.1 Å². The standard InChI is InChI=1S/C21H19Cl2N3O4/c1-30-20(28)13-2-5-17-18(8-13)26(21(29)24-17)11-12-6-7-25(10-12)19(27)15-4-3-14(22)9-16(15)23/h2-5,8-9,12H,6-7,10-11H2,1H3,(H,24,29). The zero-order valence-corrected chi connectivity index (χ0v) is 17.7. The fourth-order valence-corrected chi connectivity index (χ4v) is 4.33. The summed E-state index contributed by atoms with van der Waals surface area (Å²) in [6.07, 6.45) is 0.757. The lowest BCUT2D eigenvalue weighted by Crippen LogP contribution is -2.30. The summed E-state index contributed by atoms with van der Waals surface area (Å²) in [5.41, 5.74) is 1.81. The van der Waals surface area contributed by atoms with Gasteiger partial charge in [0, 0.05) is 24.7 Å². The minimum atomic E-state index is -0.463. The lowest BCUT2D eigenvalue weighted by molar-refractivity contribution is 0.0600. The van der Waals surface area contributed by atoms with E-state index in [2.05, 4.69) is 4.98 Å². The molecule has 7 nitrogen and oxygen atoms in total. The molecule has 0 aliphatic carbocycles. The van der Waals surface area contributed by atoms with Crippen molar-refractivity contribution in [3.05, 3.63) is 68.1 Å². The van der Waals surface area contributed by atoms with Crippen LogP contribution < -0.4 is 5.69 Å². The van der Waals surface area contributed by atoms with Crippen LogP contribution in [0.25, 0.3) is 11.0 Å². The number of aromatic amines is 1. The molecular weight excluding hydrogens is 429 g/mol. The van der Waals surface area contributed by atoms with Crippen molar-refractivity contribution in [2.24, 2.45) is 5.92 Å². The highest BCUT2D eigenvalue weighted by molar-refractivity contribution is 6.36. The van der Waals surface area contributed by atoms with Crippen LogP contribution in [-0.2, 0) is 11.3 Å². The van der Waals surface area contributed by atoms with Crippen molar-refractivity contribution in [2.45, 2.75) is 13.0 Å². The summed E-state index contributed by atoms with van der Waals surface area (Å²) in [6.45, 7) is 1.52. The number of benzene rings is 2. The molecule has 1 amide bonds. The largest absolute Gasteiger partial charge is 0.465 e. The first kappa shape index (κ1) is 20.5. The van der Waals surface area contributed by atoms with Crippen LogP contribution in [0, 0.1) is 5.92 Å². The van der Waals surface area contributed by atoms with Crippen LogP contribution in [0.3, 0.4) is 0 Å². The van der Waals surface area contributed by atoms with Gasteiger partial charge >= 0.3 is 11.7 Å². The summed E-state index contributed by atoms with van der Waals surface area (Å²) in [5, 5.41) is 0.792. The second kappa shape index (κ2) is 8.16. The number of amides is 1. The molecule has 0 bridgehead atoms. The van der Waals surface area contributed by atoms with Crippen molar-refractivity contribution >= 4 is 46.1 Å². The first-order valence-corrected chi connectivity index (χ1v) is 10.2. The van der Waals surface area contributed by atoms with E-state index in [0.29, 0.717) is 51.8 Å². The Kier molecular flexibility index (Phi) is 5.58. The molecule has 30 heavy (non-hydrogen) atoms. The van der Waals surface area contributed by atoms with Crippen molar-refractivity contribution < 1.29 is 14.3 Å². The average Bonchev–Trinajstić information content (AvgIpc) is 3.31. The van der Waals surface area contributed by atoms with Gasteiger partial charge in [0.2, 0.25) is 0 Å². The molecule has 2 heterocycles. The third-order valence-corrected chi connectivity index (χ3v) is 5.92. The molecule has 3 aromatic rings. The molecular formula is C21H19Cl2N3O4. The van der Waals surface area contributed by atoms with Gasteiger partial charge in [-0.15, -0.1) is 0 Å². The summed E-state index contributed by atoms with van der Waals surface area (Å²) in [6, 6.07) is 9.75. The van der Waals surface area contributed by atoms with Crippen LogP contribution >= 0.6 is 23.2 Å². The number of carbonyl (C=O) groups excluding carboxylic acids is 2. The third kappa shape index (κ3) is 3.82. The van der Waals surface area contributed by atoms with Crippen molar-refractivity contribution in [2.75, 3.05) is 20.2 Å². The topological polar surface area (TPSA) is 84.4 Å². The van der Waals surface area contributed by atoms with Gasteiger partial charge in [0.05, 0.1) is 34.3 Å². The Bertz CT molecular complexity index is 1200. The van der Waals surface area contributed by atoms with Crippen molar-refractivity contribution in [1.29, 1.82) is 0 Å². The summed E-state index contributed by atoms with van der Waals surface area (Å²) < 4.78 is 6.37. The Morgan fingerprint density at radius 1 is 1.20 bits per heavy atom. The zero-order chi connectivity index (χ0) is 21.4. The van der Waals surface area contributed by atoms with Crippen LogP contribution in [0.4, 0.5) is 0 Å². The number of ether oxygens (including phenoxy) is 1. The second-order valence-electron chi connectivity index (χ2n) is 7.29. The molecule has 156 valence electrons. The van der Waals surface area contributed by atoms with Crippen LogP contribution in [-0.4, -0.2) is 46.5 Å². The molecule has 1 N–H and O–H groups in total. The maximum Gasteiger partial charge on any atom is 0.337 e. The first-order chi connectivity index (χ1) is 14.4. The number of rotatable bonds is 4. The van der Waals surface area contributed by atoms with E-state index >= 15 is 0 Å². The summed E-state index contributed by atoms with van der Waals surface area (Å²) in [5.74, 6) is -0.522. The number of hydrogen-bond donors (Lipinski definition) is 1. The highest BCUT2D eigenvalue weighted by Gasteiger charge is 2.29. The number of likely N-dealkylation sites (tertiary alicyclic amines) is 1. The van der Waals surface area contributed by atoms with Crippen molar-refractivity contribution in [3.8, 4) is 0 Å². The third-order valence-electron chi connectivity index (χ3n) is 5.37. The SMILES string of the molecule is COC(=O)c1ccc2[nH]c(=O)n(CC3CCN(C(=O)c4ccc(Cl)cc4Cl)C3)c2c1. The van der Waals surface area contributed by atoms with Gasteiger partial charge < -0.3 is 14.6 Å². The fraction of sp³-hybridized carbons (Fsp3) is 0.286. The van der Waals surface area contributed by atoms with E-state index in [4.69, 9.17) is 27.9 Å². The Morgan fingerprint density at radius 3 is 2.73 bits per heavy atom. The molecule has 1 atom stereocenters. The van der Waals surface area contributed by atoms with E-state index in [0.717, 1.165) is 6.42 Å². The summed E-state index contributed by atoms with van der Waals surface area (Å²) in [7, 11) is 1.31. The van der Waals surface area contributed by atoms with E-state index in [-0.39, 0.29) is 17.5 Å². The lowest BCUT2D eigenvalue weighted by Gasteiger charge is -2.18. The Labute approximate surface area is 182 Å². The molecule has 1 aliphatic heterocycles. The second-order valence-corrected chi connectivity index (χ2v) is 8.14. The maximum atomic E-state index is 12.8. The summed E-state index contributed by atoms with van der Waals surface area (Å²) in [4.78, 5) is 41.7. The lowest BCUT2D eigenvalue weighted by atomic mass is 10.1. The van der Waals surface area contributed by atoms with Crippen LogP contribution in [0.15, 0.2) is 41.2 Å². The van der Waals surface area contributed by atoms with Crippen LogP contribution in [0.5, 0.6) is 0 Å².